The van der Waals surface area contributed by atoms with E-state index in [1.54, 1.807) is 31.6 Å². The average Bonchev–Trinajstić information content (AvgIpc) is 2.35. The number of rotatable bonds is 4. The normalized spacial score (nSPS) is 12.0. The minimum absolute atomic E-state index is 0.0285. The fourth-order valence-electron chi connectivity index (χ4n) is 1.42. The fourth-order valence-corrected chi connectivity index (χ4v) is 1.42. The van der Waals surface area contributed by atoms with Gasteiger partial charge in [0.1, 0.15) is 6.04 Å². The van der Waals surface area contributed by atoms with Crippen LogP contribution in [0.3, 0.4) is 0 Å². The van der Waals surface area contributed by atoms with E-state index < -0.39 is 6.04 Å². The van der Waals surface area contributed by atoms with Gasteiger partial charge >= 0.3 is 0 Å². The molecule has 0 aliphatic heterocycles. The molecule has 5 nitrogen and oxygen atoms in total. The van der Waals surface area contributed by atoms with Crippen LogP contribution < -0.4 is 10.6 Å². The molecule has 1 aromatic rings. The van der Waals surface area contributed by atoms with Gasteiger partial charge in [-0.2, -0.15) is 0 Å². The Hall–Kier alpha value is -1.91. The lowest BCUT2D eigenvalue weighted by molar-refractivity contribution is -0.123. The second-order valence-electron chi connectivity index (χ2n) is 4.05. The maximum atomic E-state index is 11.9. The first-order valence-electron chi connectivity index (χ1n) is 5.48. The topological polar surface area (TPSA) is 71.1 Å². The first-order chi connectivity index (χ1) is 8.06. The number of aromatic nitrogens is 1. The van der Waals surface area contributed by atoms with E-state index >= 15 is 0 Å². The number of amides is 2. The molecule has 0 radical (unpaired) electrons. The molecule has 0 spiro atoms. The van der Waals surface area contributed by atoms with Crippen molar-refractivity contribution in [2.24, 2.45) is 5.92 Å². The number of nitrogens with one attached hydrogen (secondary N) is 2. The monoisotopic (exact) mass is 235 g/mol. The van der Waals surface area contributed by atoms with Crippen molar-refractivity contribution < 1.29 is 9.59 Å². The zero-order chi connectivity index (χ0) is 12.8. The number of nitrogens with zero attached hydrogens (tertiary/aromatic N) is 1. The Labute approximate surface area is 101 Å². The molecule has 0 bridgehead atoms. The quantitative estimate of drug-likeness (QED) is 0.802. The lowest BCUT2D eigenvalue weighted by Gasteiger charge is -2.20. The minimum Gasteiger partial charge on any atom is -0.357 e. The summed E-state index contributed by atoms with van der Waals surface area (Å²) in [6.45, 7) is 3.76. The van der Waals surface area contributed by atoms with Crippen LogP contribution in [0.5, 0.6) is 0 Å². The van der Waals surface area contributed by atoms with Crippen LogP contribution >= 0.6 is 0 Å². The van der Waals surface area contributed by atoms with Gasteiger partial charge in [-0.15, -0.1) is 0 Å². The summed E-state index contributed by atoms with van der Waals surface area (Å²) in [4.78, 5) is 27.3. The standard InChI is InChI=1S/C12H17N3O2/c1-8(2)10(12(17)13-3)15-11(16)9-4-6-14-7-5-9/h4-8,10H,1-3H3,(H,13,17)(H,15,16)/t10-/m0/s1. The second-order valence-corrected chi connectivity index (χ2v) is 4.05. The molecule has 5 heteroatoms. The molecule has 0 aliphatic rings. The molecule has 1 atom stereocenters. The maximum Gasteiger partial charge on any atom is 0.252 e. The van der Waals surface area contributed by atoms with E-state index in [9.17, 15) is 9.59 Å². The van der Waals surface area contributed by atoms with Gasteiger partial charge < -0.3 is 10.6 Å². The van der Waals surface area contributed by atoms with Crippen LogP contribution in [-0.2, 0) is 4.79 Å². The van der Waals surface area contributed by atoms with Gasteiger partial charge in [0.2, 0.25) is 5.91 Å². The molecular weight excluding hydrogens is 218 g/mol. The smallest absolute Gasteiger partial charge is 0.252 e. The molecule has 0 aromatic carbocycles. The largest absolute Gasteiger partial charge is 0.357 e. The van der Waals surface area contributed by atoms with Crippen LogP contribution in [0, 0.1) is 5.92 Å². The molecule has 0 fully saturated rings. The number of hydrogen-bond acceptors (Lipinski definition) is 3. The lowest BCUT2D eigenvalue weighted by atomic mass is 10.0. The van der Waals surface area contributed by atoms with Gasteiger partial charge in [0.05, 0.1) is 0 Å². The molecule has 92 valence electrons. The van der Waals surface area contributed by atoms with Crippen LogP contribution in [0.2, 0.25) is 0 Å². The van der Waals surface area contributed by atoms with Gasteiger partial charge in [0.25, 0.3) is 5.91 Å². The Bertz CT molecular complexity index is 390. The predicted octanol–water partition coefficient (Wildman–Crippen LogP) is 0.582. The van der Waals surface area contributed by atoms with Crippen molar-refractivity contribution in [3.63, 3.8) is 0 Å². The SMILES string of the molecule is CNC(=O)[C@@H](NC(=O)c1ccncc1)C(C)C. The zero-order valence-corrected chi connectivity index (χ0v) is 10.2. The van der Waals surface area contributed by atoms with Gasteiger partial charge in [-0.3, -0.25) is 14.6 Å². The third-order valence-corrected chi connectivity index (χ3v) is 2.42. The highest BCUT2D eigenvalue weighted by Gasteiger charge is 2.23. The summed E-state index contributed by atoms with van der Waals surface area (Å²) in [6.07, 6.45) is 3.08. The molecule has 2 N–H and O–H groups in total. The first kappa shape index (κ1) is 13.2. The van der Waals surface area contributed by atoms with Crippen molar-refractivity contribution in [2.75, 3.05) is 7.05 Å². The van der Waals surface area contributed by atoms with Crippen molar-refractivity contribution in [3.8, 4) is 0 Å². The van der Waals surface area contributed by atoms with Crippen molar-refractivity contribution in [1.82, 2.24) is 15.6 Å². The van der Waals surface area contributed by atoms with E-state index in [1.165, 1.54) is 0 Å². The summed E-state index contributed by atoms with van der Waals surface area (Å²) >= 11 is 0. The minimum atomic E-state index is -0.527. The van der Waals surface area contributed by atoms with Crippen molar-refractivity contribution in [3.05, 3.63) is 30.1 Å². The van der Waals surface area contributed by atoms with Gasteiger partial charge in [0.15, 0.2) is 0 Å². The Morgan fingerprint density at radius 2 is 1.82 bits per heavy atom. The molecule has 0 unspecified atom stereocenters. The Balaban J connectivity index is 2.75. The van der Waals surface area contributed by atoms with E-state index in [0.717, 1.165) is 0 Å². The number of carbonyl (C=O) groups is 2. The fraction of sp³-hybridized carbons (Fsp3) is 0.417. The van der Waals surface area contributed by atoms with E-state index in [1.807, 2.05) is 13.8 Å². The van der Waals surface area contributed by atoms with Crippen molar-refractivity contribution in [1.29, 1.82) is 0 Å². The third-order valence-electron chi connectivity index (χ3n) is 2.42. The van der Waals surface area contributed by atoms with Crippen LogP contribution in [-0.4, -0.2) is 29.9 Å². The average molecular weight is 235 g/mol. The summed E-state index contributed by atoms with van der Waals surface area (Å²) in [5, 5.41) is 5.24. The molecule has 1 heterocycles. The van der Waals surface area contributed by atoms with Gasteiger partial charge in [-0.1, -0.05) is 13.8 Å². The highest BCUT2D eigenvalue weighted by Crippen LogP contribution is 2.04. The second kappa shape index (κ2) is 5.98. The van der Waals surface area contributed by atoms with E-state index in [4.69, 9.17) is 0 Å². The van der Waals surface area contributed by atoms with E-state index in [2.05, 4.69) is 15.6 Å². The van der Waals surface area contributed by atoms with Crippen molar-refractivity contribution >= 4 is 11.8 Å². The summed E-state index contributed by atoms with van der Waals surface area (Å²) in [6, 6.07) is 2.69. The molecular formula is C12H17N3O2. The lowest BCUT2D eigenvalue weighted by Crippen LogP contribution is -2.48. The number of pyridine rings is 1. The number of likely N-dealkylation sites (N-methyl/N-ethyl adjacent to an activating group) is 1. The summed E-state index contributed by atoms with van der Waals surface area (Å²) in [5.41, 5.74) is 0.495. The summed E-state index contributed by atoms with van der Waals surface area (Å²) in [7, 11) is 1.55. The molecule has 0 aliphatic carbocycles. The van der Waals surface area contributed by atoms with E-state index in [-0.39, 0.29) is 17.7 Å². The summed E-state index contributed by atoms with van der Waals surface area (Å²) < 4.78 is 0. The van der Waals surface area contributed by atoms with E-state index in [0.29, 0.717) is 5.56 Å². The highest BCUT2D eigenvalue weighted by molar-refractivity contribution is 5.97. The summed E-state index contributed by atoms with van der Waals surface area (Å²) in [5.74, 6) is -0.433. The molecule has 2 amide bonds. The van der Waals surface area contributed by atoms with Crippen LogP contribution in [0.15, 0.2) is 24.5 Å². The first-order valence-corrected chi connectivity index (χ1v) is 5.48. The van der Waals surface area contributed by atoms with Crippen molar-refractivity contribution in [2.45, 2.75) is 19.9 Å². The Kier molecular flexibility index (Phi) is 4.63. The Morgan fingerprint density at radius 3 is 2.29 bits per heavy atom. The zero-order valence-electron chi connectivity index (χ0n) is 10.2. The van der Waals surface area contributed by atoms with Gasteiger partial charge in [-0.05, 0) is 18.1 Å². The Morgan fingerprint density at radius 1 is 1.24 bits per heavy atom. The number of carbonyl (C=O) groups excluding carboxylic acids is 2. The maximum absolute atomic E-state index is 11.9. The molecule has 1 rings (SSSR count). The predicted molar refractivity (Wildman–Crippen MR) is 64.4 cm³/mol. The van der Waals surface area contributed by atoms with Gasteiger partial charge in [-0.25, -0.2) is 0 Å². The molecule has 0 saturated carbocycles. The van der Waals surface area contributed by atoms with Crippen LogP contribution in [0.4, 0.5) is 0 Å². The number of hydrogen-bond donors (Lipinski definition) is 2. The third kappa shape index (κ3) is 3.55. The van der Waals surface area contributed by atoms with Crippen LogP contribution in [0.25, 0.3) is 0 Å². The highest BCUT2D eigenvalue weighted by atomic mass is 16.2. The van der Waals surface area contributed by atoms with Crippen LogP contribution in [0.1, 0.15) is 24.2 Å². The molecule has 0 saturated heterocycles. The molecule has 1 aromatic heterocycles. The molecule has 17 heavy (non-hydrogen) atoms. The van der Waals surface area contributed by atoms with Gasteiger partial charge in [0, 0.05) is 25.0 Å².